The van der Waals surface area contributed by atoms with Crippen molar-refractivity contribution in [1.29, 1.82) is 0 Å². The first-order chi connectivity index (χ1) is 5.61. The highest BCUT2D eigenvalue weighted by molar-refractivity contribution is 5.92. The molecular formula is C8H12N2O2. The summed E-state index contributed by atoms with van der Waals surface area (Å²) in [6.07, 6.45) is 1.50. The number of carbonyl (C=O) groups is 1. The highest BCUT2D eigenvalue weighted by atomic mass is 16.3. The molecule has 0 fully saturated rings. The largest absolute Gasteiger partial charge is 0.459 e. The summed E-state index contributed by atoms with van der Waals surface area (Å²) in [4.78, 5) is 11.3. The van der Waals surface area contributed by atoms with Crippen LogP contribution in [0, 0.1) is 6.92 Å². The van der Waals surface area contributed by atoms with Crippen LogP contribution in [0.15, 0.2) is 16.7 Å². The summed E-state index contributed by atoms with van der Waals surface area (Å²) in [6.45, 7) is 1.83. The second kappa shape index (κ2) is 3.40. The second-order valence-corrected chi connectivity index (χ2v) is 2.77. The van der Waals surface area contributed by atoms with Crippen molar-refractivity contribution in [3.63, 3.8) is 0 Å². The van der Waals surface area contributed by atoms with Gasteiger partial charge in [-0.15, -0.1) is 0 Å². The van der Waals surface area contributed by atoms with Crippen LogP contribution >= 0.6 is 0 Å². The molecule has 12 heavy (non-hydrogen) atoms. The lowest BCUT2D eigenvalue weighted by atomic mass is 10.3. The average molecular weight is 168 g/mol. The summed E-state index contributed by atoms with van der Waals surface area (Å²) in [7, 11) is 3.49. The second-order valence-electron chi connectivity index (χ2n) is 2.77. The maximum absolute atomic E-state index is 11.3. The number of hydrogen-bond acceptors (Lipinski definition) is 3. The van der Waals surface area contributed by atoms with E-state index in [2.05, 4.69) is 5.43 Å². The Labute approximate surface area is 71.1 Å². The van der Waals surface area contributed by atoms with Crippen molar-refractivity contribution in [1.82, 2.24) is 10.4 Å². The third-order valence-corrected chi connectivity index (χ3v) is 1.39. The van der Waals surface area contributed by atoms with Gasteiger partial charge in [0, 0.05) is 19.7 Å². The van der Waals surface area contributed by atoms with Crippen LogP contribution in [0.4, 0.5) is 0 Å². The van der Waals surface area contributed by atoms with Gasteiger partial charge in [-0.1, -0.05) is 0 Å². The molecule has 0 saturated heterocycles. The van der Waals surface area contributed by atoms with Crippen molar-refractivity contribution in [2.45, 2.75) is 6.92 Å². The number of rotatable bonds is 2. The standard InChI is InChI=1S/C8H12N2O2/c1-6-4-5-12-7(6)8(11)9-10(2)3/h4-5H,1-3H3,(H,9,11). The fourth-order valence-corrected chi connectivity index (χ4v) is 0.859. The number of hydrogen-bond donors (Lipinski definition) is 1. The Morgan fingerprint density at radius 2 is 2.25 bits per heavy atom. The zero-order valence-corrected chi connectivity index (χ0v) is 7.42. The van der Waals surface area contributed by atoms with E-state index in [9.17, 15) is 4.79 Å². The SMILES string of the molecule is Cc1ccoc1C(=O)NN(C)C. The highest BCUT2D eigenvalue weighted by Gasteiger charge is 2.11. The Kier molecular flexibility index (Phi) is 2.50. The predicted octanol–water partition coefficient (Wildman–Crippen LogP) is 0.794. The van der Waals surface area contributed by atoms with Gasteiger partial charge < -0.3 is 4.42 Å². The number of aryl methyl sites for hydroxylation is 1. The molecule has 1 amide bonds. The number of furan rings is 1. The molecular weight excluding hydrogens is 156 g/mol. The maximum Gasteiger partial charge on any atom is 0.301 e. The maximum atomic E-state index is 11.3. The fourth-order valence-electron chi connectivity index (χ4n) is 0.859. The summed E-state index contributed by atoms with van der Waals surface area (Å²) in [5, 5.41) is 1.57. The van der Waals surface area contributed by atoms with Gasteiger partial charge in [-0.25, -0.2) is 5.01 Å². The van der Waals surface area contributed by atoms with Crippen LogP contribution in [0.2, 0.25) is 0 Å². The highest BCUT2D eigenvalue weighted by Crippen LogP contribution is 2.07. The van der Waals surface area contributed by atoms with Crippen LogP contribution in [0.25, 0.3) is 0 Å². The van der Waals surface area contributed by atoms with E-state index in [0.717, 1.165) is 5.56 Å². The minimum Gasteiger partial charge on any atom is -0.459 e. The molecule has 1 heterocycles. The molecule has 0 unspecified atom stereocenters. The number of hydrazine groups is 1. The van der Waals surface area contributed by atoms with E-state index < -0.39 is 0 Å². The van der Waals surface area contributed by atoms with Gasteiger partial charge in [-0.2, -0.15) is 0 Å². The third kappa shape index (κ3) is 1.85. The van der Waals surface area contributed by atoms with Crippen molar-refractivity contribution in [2.75, 3.05) is 14.1 Å². The number of amides is 1. The summed E-state index contributed by atoms with van der Waals surface area (Å²) < 4.78 is 4.99. The van der Waals surface area contributed by atoms with E-state index >= 15 is 0 Å². The van der Waals surface area contributed by atoms with Crippen molar-refractivity contribution in [2.24, 2.45) is 0 Å². The Balaban J connectivity index is 2.72. The van der Waals surface area contributed by atoms with Crippen molar-refractivity contribution >= 4 is 5.91 Å². The number of carbonyl (C=O) groups excluding carboxylic acids is 1. The summed E-state index contributed by atoms with van der Waals surface area (Å²) in [6, 6.07) is 1.75. The minimum atomic E-state index is -0.220. The van der Waals surface area contributed by atoms with Gasteiger partial charge in [-0.3, -0.25) is 10.2 Å². The average Bonchev–Trinajstić information content (AvgIpc) is 2.33. The molecule has 1 rings (SSSR count). The molecule has 0 aliphatic heterocycles. The van der Waals surface area contributed by atoms with E-state index in [1.165, 1.54) is 6.26 Å². The summed E-state index contributed by atoms with van der Waals surface area (Å²) in [5.41, 5.74) is 3.43. The van der Waals surface area contributed by atoms with E-state index in [0.29, 0.717) is 5.76 Å². The molecule has 0 bridgehead atoms. The topological polar surface area (TPSA) is 45.5 Å². The smallest absolute Gasteiger partial charge is 0.301 e. The molecule has 0 spiro atoms. The minimum absolute atomic E-state index is 0.220. The Hall–Kier alpha value is -1.29. The Bertz CT molecular complexity index is 278. The molecule has 1 aromatic rings. The van der Waals surface area contributed by atoms with E-state index in [4.69, 9.17) is 4.42 Å². The van der Waals surface area contributed by atoms with Crippen LogP contribution in [-0.2, 0) is 0 Å². The lowest BCUT2D eigenvalue weighted by Gasteiger charge is -2.10. The van der Waals surface area contributed by atoms with E-state index in [-0.39, 0.29) is 5.91 Å². The van der Waals surface area contributed by atoms with Gasteiger partial charge in [-0.05, 0) is 13.0 Å². The molecule has 0 saturated carbocycles. The van der Waals surface area contributed by atoms with Crippen LogP contribution in [0.5, 0.6) is 0 Å². The van der Waals surface area contributed by atoms with Crippen LogP contribution in [0.1, 0.15) is 16.1 Å². The normalized spacial score (nSPS) is 10.3. The fraction of sp³-hybridized carbons (Fsp3) is 0.375. The molecule has 0 aliphatic rings. The number of nitrogens with one attached hydrogen (secondary N) is 1. The van der Waals surface area contributed by atoms with Gasteiger partial charge in [0.1, 0.15) is 0 Å². The van der Waals surface area contributed by atoms with Gasteiger partial charge in [0.2, 0.25) is 0 Å². The van der Waals surface area contributed by atoms with Crippen molar-refractivity contribution in [3.8, 4) is 0 Å². The molecule has 1 aromatic heterocycles. The monoisotopic (exact) mass is 168 g/mol. The van der Waals surface area contributed by atoms with E-state index in [1.54, 1.807) is 25.2 Å². The molecule has 0 radical (unpaired) electrons. The van der Waals surface area contributed by atoms with Crippen LogP contribution < -0.4 is 5.43 Å². The quantitative estimate of drug-likeness (QED) is 0.664. The lowest BCUT2D eigenvalue weighted by Crippen LogP contribution is -2.36. The Morgan fingerprint density at radius 3 is 2.67 bits per heavy atom. The molecule has 0 atom stereocenters. The van der Waals surface area contributed by atoms with Gasteiger partial charge in [0.15, 0.2) is 5.76 Å². The molecule has 0 aliphatic carbocycles. The molecule has 1 N–H and O–H groups in total. The van der Waals surface area contributed by atoms with Gasteiger partial charge in [0.25, 0.3) is 0 Å². The predicted molar refractivity (Wildman–Crippen MR) is 44.6 cm³/mol. The molecule has 4 heteroatoms. The zero-order chi connectivity index (χ0) is 9.14. The molecule has 66 valence electrons. The zero-order valence-electron chi connectivity index (χ0n) is 7.42. The molecule has 4 nitrogen and oxygen atoms in total. The summed E-state index contributed by atoms with van der Waals surface area (Å²) >= 11 is 0. The lowest BCUT2D eigenvalue weighted by molar-refractivity contribution is 0.0826. The van der Waals surface area contributed by atoms with Crippen LogP contribution in [0.3, 0.4) is 0 Å². The summed E-state index contributed by atoms with van der Waals surface area (Å²) in [5.74, 6) is 0.145. The van der Waals surface area contributed by atoms with Gasteiger partial charge >= 0.3 is 5.91 Å². The van der Waals surface area contributed by atoms with Crippen molar-refractivity contribution < 1.29 is 9.21 Å². The van der Waals surface area contributed by atoms with E-state index in [1.807, 2.05) is 6.92 Å². The first-order valence-corrected chi connectivity index (χ1v) is 3.63. The first-order valence-electron chi connectivity index (χ1n) is 3.63. The Morgan fingerprint density at radius 1 is 1.58 bits per heavy atom. The first kappa shape index (κ1) is 8.80. The number of nitrogens with zero attached hydrogens (tertiary/aromatic N) is 1. The van der Waals surface area contributed by atoms with Gasteiger partial charge in [0.05, 0.1) is 6.26 Å². The van der Waals surface area contributed by atoms with Crippen LogP contribution in [-0.4, -0.2) is 25.0 Å². The van der Waals surface area contributed by atoms with Crippen molar-refractivity contribution in [3.05, 3.63) is 23.7 Å². The third-order valence-electron chi connectivity index (χ3n) is 1.39. The molecule has 0 aromatic carbocycles.